The Labute approximate surface area is 104 Å². The molecule has 1 heterocycles. The molecule has 0 aliphatic rings. The number of pyridine rings is 1. The molecule has 1 N–H and O–H groups in total. The van der Waals surface area contributed by atoms with Crippen LogP contribution in [0.1, 0.15) is 25.8 Å². The third kappa shape index (κ3) is 3.61. The van der Waals surface area contributed by atoms with E-state index in [1.807, 2.05) is 13.8 Å². The summed E-state index contributed by atoms with van der Waals surface area (Å²) in [7, 11) is 0. The van der Waals surface area contributed by atoms with Crippen LogP contribution in [0.2, 0.25) is 0 Å². The largest absolute Gasteiger partial charge is 0.417 e. The minimum atomic E-state index is -4.36. The van der Waals surface area contributed by atoms with E-state index in [0.717, 1.165) is 30.0 Å². The third-order valence-corrected chi connectivity index (χ3v) is 2.55. The number of anilines is 1. The zero-order chi connectivity index (χ0) is 13.8. The van der Waals surface area contributed by atoms with Gasteiger partial charge in [-0.2, -0.15) is 13.2 Å². The number of alkyl halides is 3. The molecule has 18 heavy (non-hydrogen) atoms. The lowest BCUT2D eigenvalue weighted by atomic mass is 10.2. The molecule has 0 bridgehead atoms. The summed E-state index contributed by atoms with van der Waals surface area (Å²) in [4.78, 5) is 3.74. The summed E-state index contributed by atoms with van der Waals surface area (Å²) in [5.74, 6) is 0.366. The van der Waals surface area contributed by atoms with Gasteiger partial charge in [-0.05, 0) is 31.6 Å². The quantitative estimate of drug-likeness (QED) is 0.808. The van der Waals surface area contributed by atoms with E-state index in [-0.39, 0.29) is 0 Å². The number of nitrogens with one attached hydrogen (secondary N) is 1. The zero-order valence-electron chi connectivity index (χ0n) is 10.3. The van der Waals surface area contributed by atoms with Crippen molar-refractivity contribution in [3.63, 3.8) is 0 Å². The molecule has 1 aromatic heterocycles. The van der Waals surface area contributed by atoms with Gasteiger partial charge in [0.2, 0.25) is 0 Å². The predicted octanol–water partition coefficient (Wildman–Crippen LogP) is 4.38. The molecular weight excluding hydrogens is 241 g/mol. The van der Waals surface area contributed by atoms with E-state index >= 15 is 0 Å². The number of aromatic nitrogens is 1. The maximum absolute atomic E-state index is 12.3. The Balaban J connectivity index is 2.91. The molecule has 0 aromatic carbocycles. The Bertz CT molecular complexity index is 444. The molecule has 0 radical (unpaired) electrons. The number of hydrogen-bond acceptors (Lipinski definition) is 2. The molecule has 0 spiro atoms. The van der Waals surface area contributed by atoms with E-state index in [0.29, 0.717) is 5.82 Å². The Kier molecular flexibility index (Phi) is 4.53. The number of nitrogens with zero attached hydrogens (tertiary/aromatic N) is 1. The van der Waals surface area contributed by atoms with Crippen LogP contribution in [0, 0.1) is 0 Å². The second kappa shape index (κ2) is 5.71. The van der Waals surface area contributed by atoms with Crippen LogP contribution in [-0.2, 0) is 6.18 Å². The molecule has 0 atom stereocenters. The van der Waals surface area contributed by atoms with E-state index in [1.54, 1.807) is 6.08 Å². The van der Waals surface area contributed by atoms with Gasteiger partial charge in [-0.25, -0.2) is 4.98 Å². The average molecular weight is 256 g/mol. The van der Waals surface area contributed by atoms with Gasteiger partial charge in [0.1, 0.15) is 5.82 Å². The van der Waals surface area contributed by atoms with Crippen molar-refractivity contribution in [2.45, 2.75) is 26.4 Å². The summed E-state index contributed by atoms with van der Waals surface area (Å²) in [6.07, 6.45) is -1.10. The number of rotatable bonds is 4. The van der Waals surface area contributed by atoms with Crippen LogP contribution in [0.5, 0.6) is 0 Å². The van der Waals surface area contributed by atoms with E-state index in [9.17, 15) is 13.2 Å². The summed E-state index contributed by atoms with van der Waals surface area (Å²) in [6.45, 7) is 7.57. The van der Waals surface area contributed by atoms with Crippen molar-refractivity contribution in [1.82, 2.24) is 4.98 Å². The first-order valence-corrected chi connectivity index (χ1v) is 5.51. The molecular formula is C13H15F3N2. The lowest BCUT2D eigenvalue weighted by Crippen LogP contribution is -2.07. The smallest absolute Gasteiger partial charge is 0.340 e. The fourth-order valence-electron chi connectivity index (χ4n) is 1.30. The van der Waals surface area contributed by atoms with Crippen LogP contribution in [0.4, 0.5) is 19.0 Å². The summed E-state index contributed by atoms with van der Waals surface area (Å²) in [5.41, 5.74) is 1.07. The minimum absolute atomic E-state index is 0.366. The van der Waals surface area contributed by atoms with Crippen molar-refractivity contribution < 1.29 is 13.2 Å². The van der Waals surface area contributed by atoms with E-state index in [1.165, 1.54) is 6.07 Å². The van der Waals surface area contributed by atoms with Gasteiger partial charge in [0.25, 0.3) is 0 Å². The fraction of sp³-hybridized carbons (Fsp3) is 0.308. The van der Waals surface area contributed by atoms with Crippen LogP contribution in [0.15, 0.2) is 42.3 Å². The fourth-order valence-corrected chi connectivity index (χ4v) is 1.30. The zero-order valence-corrected chi connectivity index (χ0v) is 10.3. The maximum Gasteiger partial charge on any atom is 0.417 e. The molecule has 0 aliphatic heterocycles. The Morgan fingerprint density at radius 2 is 2.11 bits per heavy atom. The van der Waals surface area contributed by atoms with Crippen molar-refractivity contribution >= 4 is 5.82 Å². The monoisotopic (exact) mass is 256 g/mol. The van der Waals surface area contributed by atoms with E-state index in [4.69, 9.17) is 0 Å². The van der Waals surface area contributed by atoms with Crippen LogP contribution >= 0.6 is 0 Å². The first-order chi connectivity index (χ1) is 8.38. The maximum atomic E-state index is 12.3. The number of allylic oxidation sites excluding steroid dienone is 2. The number of halogens is 3. The molecule has 0 aliphatic carbocycles. The van der Waals surface area contributed by atoms with Gasteiger partial charge < -0.3 is 5.32 Å². The van der Waals surface area contributed by atoms with Crippen LogP contribution in [0.3, 0.4) is 0 Å². The van der Waals surface area contributed by atoms with Crippen molar-refractivity contribution in [3.05, 3.63) is 47.8 Å². The average Bonchev–Trinajstić information content (AvgIpc) is 2.34. The molecule has 0 saturated carbocycles. The topological polar surface area (TPSA) is 24.9 Å². The Morgan fingerprint density at radius 3 is 2.50 bits per heavy atom. The lowest BCUT2D eigenvalue weighted by Gasteiger charge is -2.11. The van der Waals surface area contributed by atoms with Crippen molar-refractivity contribution in [2.24, 2.45) is 0 Å². The van der Waals surface area contributed by atoms with Crippen molar-refractivity contribution in [1.29, 1.82) is 0 Å². The van der Waals surface area contributed by atoms with E-state index in [2.05, 4.69) is 16.9 Å². The molecule has 5 heteroatoms. The highest BCUT2D eigenvalue weighted by Crippen LogP contribution is 2.29. The van der Waals surface area contributed by atoms with Gasteiger partial charge in [-0.1, -0.05) is 19.1 Å². The van der Waals surface area contributed by atoms with Gasteiger partial charge in [0, 0.05) is 11.9 Å². The van der Waals surface area contributed by atoms with Crippen LogP contribution in [0.25, 0.3) is 0 Å². The Hall–Kier alpha value is -1.78. The normalized spacial score (nSPS) is 12.9. The summed E-state index contributed by atoms with van der Waals surface area (Å²) >= 11 is 0. The highest BCUT2D eigenvalue weighted by atomic mass is 19.4. The second-order valence-corrected chi connectivity index (χ2v) is 3.81. The molecule has 0 amide bonds. The highest BCUT2D eigenvalue weighted by molar-refractivity contribution is 5.46. The number of hydrogen-bond donors (Lipinski definition) is 1. The first-order valence-electron chi connectivity index (χ1n) is 5.51. The molecule has 1 aromatic rings. The minimum Gasteiger partial charge on any atom is -0.340 e. The molecule has 0 saturated heterocycles. The summed E-state index contributed by atoms with van der Waals surface area (Å²) in [6, 6.07) is 2.30. The first kappa shape index (κ1) is 14.3. The lowest BCUT2D eigenvalue weighted by molar-refractivity contribution is -0.137. The van der Waals surface area contributed by atoms with Crippen molar-refractivity contribution in [3.8, 4) is 0 Å². The van der Waals surface area contributed by atoms with Gasteiger partial charge in [0.05, 0.1) is 5.56 Å². The van der Waals surface area contributed by atoms with Gasteiger partial charge in [-0.3, -0.25) is 0 Å². The van der Waals surface area contributed by atoms with Gasteiger partial charge in [-0.15, -0.1) is 0 Å². The molecule has 1 rings (SSSR count). The van der Waals surface area contributed by atoms with Crippen LogP contribution < -0.4 is 5.32 Å². The SMILES string of the molecule is C=C/C(Nc1ccc(C(F)(F)F)cn1)=C(/C)CC. The molecule has 2 nitrogen and oxygen atoms in total. The highest BCUT2D eigenvalue weighted by Gasteiger charge is 2.30. The summed E-state index contributed by atoms with van der Waals surface area (Å²) < 4.78 is 37.0. The second-order valence-electron chi connectivity index (χ2n) is 3.81. The van der Waals surface area contributed by atoms with E-state index < -0.39 is 11.7 Å². The third-order valence-electron chi connectivity index (χ3n) is 2.55. The molecule has 98 valence electrons. The Morgan fingerprint density at radius 1 is 1.44 bits per heavy atom. The van der Waals surface area contributed by atoms with Crippen molar-refractivity contribution in [2.75, 3.05) is 5.32 Å². The standard InChI is InChI=1S/C13H15F3N2/c1-4-9(3)11(5-2)18-12-7-6-10(8-17-12)13(14,15)16/h5-8H,2,4H2,1,3H3,(H,17,18)/b11-9+. The predicted molar refractivity (Wildman–Crippen MR) is 66.0 cm³/mol. The molecule has 0 unspecified atom stereocenters. The van der Waals surface area contributed by atoms with Gasteiger partial charge in [0.15, 0.2) is 0 Å². The molecule has 0 fully saturated rings. The van der Waals surface area contributed by atoms with Gasteiger partial charge >= 0.3 is 6.18 Å². The summed E-state index contributed by atoms with van der Waals surface area (Å²) in [5, 5.41) is 2.94. The van der Waals surface area contributed by atoms with Crippen LogP contribution in [-0.4, -0.2) is 4.98 Å².